The van der Waals surface area contributed by atoms with Gasteiger partial charge in [0.15, 0.2) is 0 Å². The smallest absolute Gasteiger partial charge is 0.305 e. The minimum absolute atomic E-state index is 0. The number of ether oxygens (including phenoxy) is 1. The standard InChI is InChI=1S/C8H13NO2.ClH/c1-11-8(10)2-5-6-3-9-4-7(5)6;/h5-7,9H,2-4H2,1H3;1H/t5-,6+,7?;/m1./s1. The molecular formula is C8H14ClNO2. The first kappa shape index (κ1) is 9.81. The molecule has 0 aromatic carbocycles. The molecule has 3 nitrogen and oxygen atoms in total. The van der Waals surface area contributed by atoms with Crippen LogP contribution in [-0.4, -0.2) is 26.2 Å². The van der Waals surface area contributed by atoms with Crippen molar-refractivity contribution in [3.8, 4) is 0 Å². The minimum Gasteiger partial charge on any atom is -0.469 e. The molecule has 0 amide bonds. The quantitative estimate of drug-likeness (QED) is 0.644. The summed E-state index contributed by atoms with van der Waals surface area (Å²) in [6.07, 6.45) is 0.632. The molecule has 1 saturated heterocycles. The number of carbonyl (C=O) groups is 1. The Morgan fingerprint density at radius 3 is 2.58 bits per heavy atom. The third-order valence-electron chi connectivity index (χ3n) is 2.90. The van der Waals surface area contributed by atoms with Gasteiger partial charge in [0.2, 0.25) is 0 Å². The lowest BCUT2D eigenvalue weighted by Gasteiger charge is -2.01. The molecule has 1 aliphatic carbocycles. The van der Waals surface area contributed by atoms with Gasteiger partial charge in [-0.05, 0) is 30.8 Å². The van der Waals surface area contributed by atoms with Gasteiger partial charge < -0.3 is 10.1 Å². The van der Waals surface area contributed by atoms with E-state index in [1.54, 1.807) is 0 Å². The molecule has 0 bridgehead atoms. The number of esters is 1. The molecular weight excluding hydrogens is 178 g/mol. The van der Waals surface area contributed by atoms with Crippen LogP contribution >= 0.6 is 12.4 Å². The van der Waals surface area contributed by atoms with E-state index in [0.717, 1.165) is 24.9 Å². The van der Waals surface area contributed by atoms with Crippen LogP contribution < -0.4 is 5.32 Å². The predicted octanol–water partition coefficient (Wildman–Crippen LogP) is 0.437. The van der Waals surface area contributed by atoms with Gasteiger partial charge in [0, 0.05) is 6.42 Å². The second-order valence-corrected chi connectivity index (χ2v) is 3.43. The molecule has 70 valence electrons. The summed E-state index contributed by atoms with van der Waals surface area (Å²) in [5, 5.41) is 3.29. The highest BCUT2D eigenvalue weighted by atomic mass is 35.5. The average Bonchev–Trinajstić information content (AvgIpc) is 2.52. The van der Waals surface area contributed by atoms with Gasteiger partial charge in [-0.2, -0.15) is 0 Å². The summed E-state index contributed by atoms with van der Waals surface area (Å²) in [6, 6.07) is 0. The highest BCUT2D eigenvalue weighted by Crippen LogP contribution is 2.50. The molecule has 2 rings (SSSR count). The molecule has 0 radical (unpaired) electrons. The van der Waals surface area contributed by atoms with Crippen molar-refractivity contribution >= 4 is 18.4 Å². The number of nitrogens with one attached hydrogen (secondary N) is 1. The molecule has 2 aliphatic rings. The van der Waals surface area contributed by atoms with Crippen molar-refractivity contribution in [3.05, 3.63) is 0 Å². The van der Waals surface area contributed by atoms with E-state index in [1.807, 2.05) is 0 Å². The SMILES string of the molecule is COC(=O)C[C@H]1C2CNC[C@H]21.Cl. The molecule has 4 heteroatoms. The van der Waals surface area contributed by atoms with Crippen molar-refractivity contribution < 1.29 is 9.53 Å². The van der Waals surface area contributed by atoms with Gasteiger partial charge in [-0.3, -0.25) is 4.79 Å². The highest BCUT2D eigenvalue weighted by molar-refractivity contribution is 5.85. The lowest BCUT2D eigenvalue weighted by molar-refractivity contribution is -0.141. The summed E-state index contributed by atoms with van der Waals surface area (Å²) in [5.41, 5.74) is 0. The average molecular weight is 192 g/mol. The lowest BCUT2D eigenvalue weighted by Crippen LogP contribution is -2.16. The van der Waals surface area contributed by atoms with Crippen LogP contribution in [0.15, 0.2) is 0 Å². The van der Waals surface area contributed by atoms with E-state index < -0.39 is 0 Å². The van der Waals surface area contributed by atoms with Crippen molar-refractivity contribution in [1.29, 1.82) is 0 Å². The molecule has 2 fully saturated rings. The molecule has 3 atom stereocenters. The Balaban J connectivity index is 0.000000720. The van der Waals surface area contributed by atoms with E-state index in [4.69, 9.17) is 0 Å². The van der Waals surface area contributed by atoms with E-state index in [2.05, 4.69) is 10.1 Å². The van der Waals surface area contributed by atoms with Gasteiger partial charge in [0.05, 0.1) is 7.11 Å². The first-order chi connectivity index (χ1) is 5.33. The monoisotopic (exact) mass is 191 g/mol. The number of fused-ring (bicyclic) bond motifs is 1. The summed E-state index contributed by atoms with van der Waals surface area (Å²) in [7, 11) is 1.46. The highest BCUT2D eigenvalue weighted by Gasteiger charge is 2.53. The van der Waals surface area contributed by atoms with Gasteiger partial charge in [-0.1, -0.05) is 0 Å². The summed E-state index contributed by atoms with van der Waals surface area (Å²) >= 11 is 0. The Kier molecular flexibility index (Phi) is 2.96. The van der Waals surface area contributed by atoms with Crippen LogP contribution in [0.4, 0.5) is 0 Å². The van der Waals surface area contributed by atoms with Crippen molar-refractivity contribution in [2.24, 2.45) is 17.8 Å². The zero-order valence-electron chi connectivity index (χ0n) is 7.08. The second kappa shape index (κ2) is 3.62. The third kappa shape index (κ3) is 1.57. The van der Waals surface area contributed by atoms with Gasteiger partial charge in [0.1, 0.15) is 0 Å². The Morgan fingerprint density at radius 1 is 1.50 bits per heavy atom. The van der Waals surface area contributed by atoms with Crippen molar-refractivity contribution in [2.45, 2.75) is 6.42 Å². The van der Waals surface area contributed by atoms with Gasteiger partial charge >= 0.3 is 5.97 Å². The number of carbonyl (C=O) groups excluding carboxylic acids is 1. The maximum Gasteiger partial charge on any atom is 0.305 e. The van der Waals surface area contributed by atoms with Crippen molar-refractivity contribution in [2.75, 3.05) is 20.2 Å². The Morgan fingerprint density at radius 2 is 2.08 bits per heavy atom. The molecule has 1 N–H and O–H groups in total. The van der Waals surface area contributed by atoms with E-state index in [0.29, 0.717) is 12.3 Å². The first-order valence-electron chi connectivity index (χ1n) is 4.10. The normalized spacial score (nSPS) is 36.6. The van der Waals surface area contributed by atoms with E-state index in [1.165, 1.54) is 7.11 Å². The number of hydrogen-bond donors (Lipinski definition) is 1. The molecule has 1 aliphatic heterocycles. The van der Waals surface area contributed by atoms with E-state index in [9.17, 15) is 4.79 Å². The maximum atomic E-state index is 10.9. The fraction of sp³-hybridized carbons (Fsp3) is 0.875. The van der Waals surface area contributed by atoms with Crippen molar-refractivity contribution in [1.82, 2.24) is 5.32 Å². The Labute approximate surface area is 78.3 Å². The zero-order chi connectivity index (χ0) is 7.84. The summed E-state index contributed by atoms with van der Waals surface area (Å²) in [5.74, 6) is 2.12. The Hall–Kier alpha value is -0.280. The largest absolute Gasteiger partial charge is 0.469 e. The fourth-order valence-electron chi connectivity index (χ4n) is 2.13. The van der Waals surface area contributed by atoms with Crippen LogP contribution in [0, 0.1) is 17.8 Å². The fourth-order valence-corrected chi connectivity index (χ4v) is 2.13. The molecule has 0 aromatic rings. The van der Waals surface area contributed by atoms with Crippen LogP contribution in [-0.2, 0) is 9.53 Å². The molecule has 0 spiro atoms. The van der Waals surface area contributed by atoms with Crippen LogP contribution in [0.25, 0.3) is 0 Å². The Bertz CT molecular complexity index is 176. The molecule has 1 heterocycles. The van der Waals surface area contributed by atoms with Gasteiger partial charge in [-0.25, -0.2) is 0 Å². The van der Waals surface area contributed by atoms with E-state index in [-0.39, 0.29) is 18.4 Å². The molecule has 12 heavy (non-hydrogen) atoms. The zero-order valence-corrected chi connectivity index (χ0v) is 7.89. The van der Waals surface area contributed by atoms with E-state index >= 15 is 0 Å². The second-order valence-electron chi connectivity index (χ2n) is 3.43. The van der Waals surface area contributed by atoms with Crippen LogP contribution in [0.2, 0.25) is 0 Å². The topological polar surface area (TPSA) is 38.3 Å². The number of piperidine rings is 1. The van der Waals surface area contributed by atoms with Crippen LogP contribution in [0.3, 0.4) is 0 Å². The van der Waals surface area contributed by atoms with Crippen molar-refractivity contribution in [3.63, 3.8) is 0 Å². The van der Waals surface area contributed by atoms with Gasteiger partial charge in [0.25, 0.3) is 0 Å². The number of halogens is 1. The third-order valence-corrected chi connectivity index (χ3v) is 2.90. The summed E-state index contributed by atoms with van der Waals surface area (Å²) < 4.78 is 4.61. The minimum atomic E-state index is -0.0515. The predicted molar refractivity (Wildman–Crippen MR) is 47.2 cm³/mol. The van der Waals surface area contributed by atoms with Crippen LogP contribution in [0.1, 0.15) is 6.42 Å². The number of rotatable bonds is 2. The van der Waals surface area contributed by atoms with Crippen LogP contribution in [0.5, 0.6) is 0 Å². The number of hydrogen-bond acceptors (Lipinski definition) is 3. The summed E-state index contributed by atoms with van der Waals surface area (Å²) in [4.78, 5) is 10.9. The lowest BCUT2D eigenvalue weighted by atomic mass is 10.2. The number of methoxy groups -OCH3 is 1. The molecule has 0 aromatic heterocycles. The maximum absolute atomic E-state index is 10.9. The first-order valence-corrected chi connectivity index (χ1v) is 4.10. The summed E-state index contributed by atoms with van der Waals surface area (Å²) in [6.45, 7) is 2.21. The molecule has 1 saturated carbocycles. The molecule has 1 unspecified atom stereocenters. The van der Waals surface area contributed by atoms with Gasteiger partial charge in [-0.15, -0.1) is 12.4 Å².